The number of alkyl halides is 1. The summed E-state index contributed by atoms with van der Waals surface area (Å²) in [7, 11) is 0. The van der Waals surface area contributed by atoms with Gasteiger partial charge in [0.05, 0.1) is 6.61 Å². The number of hydrogen-bond donors (Lipinski definition) is 2. The van der Waals surface area contributed by atoms with Gasteiger partial charge in [0.1, 0.15) is 11.5 Å². The van der Waals surface area contributed by atoms with Gasteiger partial charge in [-0.15, -0.1) is 11.6 Å². The summed E-state index contributed by atoms with van der Waals surface area (Å²) in [6.07, 6.45) is 3.65. The van der Waals surface area contributed by atoms with Crippen molar-refractivity contribution in [3.8, 4) is 0 Å². The van der Waals surface area contributed by atoms with Crippen molar-refractivity contribution in [1.82, 2.24) is 15.6 Å². The van der Waals surface area contributed by atoms with Gasteiger partial charge in [0.25, 0.3) is 0 Å². The highest BCUT2D eigenvalue weighted by Crippen LogP contribution is 2.21. The van der Waals surface area contributed by atoms with Crippen molar-refractivity contribution in [2.24, 2.45) is 0 Å². The van der Waals surface area contributed by atoms with Gasteiger partial charge in [-0.25, -0.2) is 0 Å². The van der Waals surface area contributed by atoms with Crippen LogP contribution in [0.15, 0.2) is 24.5 Å². The van der Waals surface area contributed by atoms with E-state index in [1.807, 2.05) is 6.07 Å². The van der Waals surface area contributed by atoms with Gasteiger partial charge in [-0.05, 0) is 19.4 Å². The van der Waals surface area contributed by atoms with Gasteiger partial charge in [0.15, 0.2) is 0 Å². The summed E-state index contributed by atoms with van der Waals surface area (Å²) < 4.78 is 4.89. The predicted octanol–water partition coefficient (Wildman–Crippen LogP) is 1.12. The number of pyridine rings is 1. The molecule has 2 heterocycles. The lowest BCUT2D eigenvalue weighted by Gasteiger charge is -2.34. The molecule has 3 unspecified atom stereocenters. The zero-order valence-corrected chi connectivity index (χ0v) is 12.5. The summed E-state index contributed by atoms with van der Waals surface area (Å²) in [5.41, 5.74) is 0.843. The molecule has 0 radical (unpaired) electrons. The van der Waals surface area contributed by atoms with Gasteiger partial charge in [-0.1, -0.05) is 6.07 Å². The SMILES string of the molecule is CCOC(=O)CCC1NC(c2cccnc2)NC(=O)C1Cl. The molecule has 0 spiro atoms. The van der Waals surface area contributed by atoms with Crippen LogP contribution in [0.4, 0.5) is 0 Å². The Morgan fingerprint density at radius 1 is 1.52 bits per heavy atom. The fraction of sp³-hybridized carbons (Fsp3) is 0.500. The molecule has 1 aromatic heterocycles. The van der Waals surface area contributed by atoms with Crippen LogP contribution in [-0.2, 0) is 14.3 Å². The Morgan fingerprint density at radius 3 is 3.00 bits per heavy atom. The number of ether oxygens (including phenoxy) is 1. The summed E-state index contributed by atoms with van der Waals surface area (Å²) in [6, 6.07) is 3.36. The third-order valence-electron chi connectivity index (χ3n) is 3.25. The first-order chi connectivity index (χ1) is 10.1. The molecule has 2 N–H and O–H groups in total. The van der Waals surface area contributed by atoms with Crippen molar-refractivity contribution in [1.29, 1.82) is 0 Å². The number of nitrogens with zero attached hydrogens (tertiary/aromatic N) is 1. The van der Waals surface area contributed by atoms with E-state index in [9.17, 15) is 9.59 Å². The third kappa shape index (κ3) is 4.15. The molecule has 1 aliphatic heterocycles. The molecule has 21 heavy (non-hydrogen) atoms. The Labute approximate surface area is 128 Å². The first-order valence-corrected chi connectivity index (χ1v) is 7.31. The molecule has 2 rings (SSSR count). The molecule has 3 atom stereocenters. The van der Waals surface area contributed by atoms with Gasteiger partial charge >= 0.3 is 5.97 Å². The lowest BCUT2D eigenvalue weighted by atomic mass is 10.0. The molecular weight excluding hydrogens is 294 g/mol. The van der Waals surface area contributed by atoms with E-state index in [4.69, 9.17) is 16.3 Å². The average molecular weight is 312 g/mol. The standard InChI is InChI=1S/C14H18ClN3O3/c1-2-21-11(19)6-5-10-12(15)14(20)18-13(17-10)9-4-3-7-16-8-9/h3-4,7-8,10,12-13,17H,2,5-6H2,1H3,(H,18,20). The van der Waals surface area contributed by atoms with Crippen molar-refractivity contribution in [3.63, 3.8) is 0 Å². The average Bonchev–Trinajstić information content (AvgIpc) is 2.50. The summed E-state index contributed by atoms with van der Waals surface area (Å²) in [5.74, 6) is -0.537. The number of halogens is 1. The maximum Gasteiger partial charge on any atom is 0.305 e. The number of aromatic nitrogens is 1. The molecule has 1 amide bonds. The van der Waals surface area contributed by atoms with Gasteiger partial charge in [0.2, 0.25) is 5.91 Å². The number of carbonyl (C=O) groups excluding carboxylic acids is 2. The second-order valence-electron chi connectivity index (χ2n) is 4.75. The third-order valence-corrected chi connectivity index (χ3v) is 3.76. The van der Waals surface area contributed by atoms with Crippen LogP contribution >= 0.6 is 11.6 Å². The summed E-state index contributed by atoms with van der Waals surface area (Å²) >= 11 is 6.10. The van der Waals surface area contributed by atoms with E-state index < -0.39 is 5.38 Å². The van der Waals surface area contributed by atoms with Crippen LogP contribution in [0.1, 0.15) is 31.5 Å². The van der Waals surface area contributed by atoms with Crippen LogP contribution in [0.3, 0.4) is 0 Å². The number of esters is 1. The molecule has 0 aromatic carbocycles. The molecule has 0 bridgehead atoms. The molecule has 7 heteroatoms. The highest BCUT2D eigenvalue weighted by molar-refractivity contribution is 6.31. The lowest BCUT2D eigenvalue weighted by Crippen LogP contribution is -2.57. The smallest absolute Gasteiger partial charge is 0.305 e. The van der Waals surface area contributed by atoms with Crippen LogP contribution in [0.25, 0.3) is 0 Å². The van der Waals surface area contributed by atoms with E-state index in [0.29, 0.717) is 13.0 Å². The van der Waals surface area contributed by atoms with Gasteiger partial charge < -0.3 is 10.1 Å². The fourth-order valence-electron chi connectivity index (χ4n) is 2.21. The Kier molecular flexibility index (Phi) is 5.52. The Morgan fingerprint density at radius 2 is 2.33 bits per heavy atom. The molecular formula is C14H18ClN3O3. The van der Waals surface area contributed by atoms with E-state index in [-0.39, 0.29) is 30.5 Å². The van der Waals surface area contributed by atoms with Gasteiger partial charge in [-0.3, -0.25) is 19.9 Å². The maximum atomic E-state index is 11.9. The quantitative estimate of drug-likeness (QED) is 0.629. The first kappa shape index (κ1) is 15.7. The monoisotopic (exact) mass is 311 g/mol. The first-order valence-electron chi connectivity index (χ1n) is 6.88. The Balaban J connectivity index is 1.99. The van der Waals surface area contributed by atoms with Crippen molar-refractivity contribution < 1.29 is 14.3 Å². The van der Waals surface area contributed by atoms with Crippen LogP contribution in [0, 0.1) is 0 Å². The lowest BCUT2D eigenvalue weighted by molar-refractivity contribution is -0.143. The molecule has 1 saturated heterocycles. The molecule has 0 saturated carbocycles. The van der Waals surface area contributed by atoms with Crippen molar-refractivity contribution in [2.45, 2.75) is 37.4 Å². The highest BCUT2D eigenvalue weighted by Gasteiger charge is 2.35. The van der Waals surface area contributed by atoms with Crippen LogP contribution in [0.2, 0.25) is 0 Å². The summed E-state index contributed by atoms with van der Waals surface area (Å²) in [4.78, 5) is 27.4. The molecule has 6 nitrogen and oxygen atoms in total. The van der Waals surface area contributed by atoms with E-state index in [1.54, 1.807) is 25.4 Å². The van der Waals surface area contributed by atoms with E-state index in [0.717, 1.165) is 5.56 Å². The normalized spacial score (nSPS) is 25.2. The molecule has 114 valence electrons. The van der Waals surface area contributed by atoms with E-state index in [1.165, 1.54) is 0 Å². The van der Waals surface area contributed by atoms with E-state index in [2.05, 4.69) is 15.6 Å². The zero-order chi connectivity index (χ0) is 15.2. The molecule has 1 aromatic rings. The van der Waals surface area contributed by atoms with E-state index >= 15 is 0 Å². The topological polar surface area (TPSA) is 80.3 Å². The van der Waals surface area contributed by atoms with Crippen molar-refractivity contribution >= 4 is 23.5 Å². The Bertz CT molecular complexity index is 497. The minimum absolute atomic E-state index is 0.224. The number of rotatable bonds is 5. The predicted molar refractivity (Wildman–Crippen MR) is 77.6 cm³/mol. The highest BCUT2D eigenvalue weighted by atomic mass is 35.5. The fourth-order valence-corrected chi connectivity index (χ4v) is 2.47. The zero-order valence-electron chi connectivity index (χ0n) is 11.7. The summed E-state index contributed by atoms with van der Waals surface area (Å²) in [6.45, 7) is 2.10. The molecule has 1 aliphatic rings. The van der Waals surface area contributed by atoms with Crippen molar-refractivity contribution in [3.05, 3.63) is 30.1 Å². The second-order valence-corrected chi connectivity index (χ2v) is 5.22. The number of amides is 1. The Hall–Kier alpha value is -1.66. The number of hydrogen-bond acceptors (Lipinski definition) is 5. The minimum atomic E-state index is -0.715. The van der Waals surface area contributed by atoms with Crippen LogP contribution < -0.4 is 10.6 Å². The number of carbonyl (C=O) groups is 2. The largest absolute Gasteiger partial charge is 0.466 e. The summed E-state index contributed by atoms with van der Waals surface area (Å²) in [5, 5.41) is 5.31. The van der Waals surface area contributed by atoms with Crippen LogP contribution in [-0.4, -0.2) is 34.9 Å². The minimum Gasteiger partial charge on any atom is -0.466 e. The number of nitrogens with one attached hydrogen (secondary N) is 2. The van der Waals surface area contributed by atoms with Gasteiger partial charge in [0, 0.05) is 30.4 Å². The van der Waals surface area contributed by atoms with Crippen molar-refractivity contribution in [2.75, 3.05) is 6.61 Å². The molecule has 0 aliphatic carbocycles. The maximum absolute atomic E-state index is 11.9. The van der Waals surface area contributed by atoms with Gasteiger partial charge in [-0.2, -0.15) is 0 Å². The molecule has 1 fully saturated rings. The van der Waals surface area contributed by atoms with Crippen LogP contribution in [0.5, 0.6) is 0 Å². The second kappa shape index (κ2) is 7.38.